The summed E-state index contributed by atoms with van der Waals surface area (Å²) in [5.41, 5.74) is -6.22. The van der Waals surface area contributed by atoms with Gasteiger partial charge in [-0.2, -0.15) is 26.3 Å². The molecule has 0 saturated carbocycles. The average molecular weight is 410 g/mol. The van der Waals surface area contributed by atoms with Crippen LogP contribution >= 0.6 is 0 Å². The molecule has 0 saturated heterocycles. The predicted molar refractivity (Wildman–Crippen MR) is 90.7 cm³/mol. The molecule has 28 heavy (non-hydrogen) atoms. The molecular formula is C18H20F6N2O2. The summed E-state index contributed by atoms with van der Waals surface area (Å²) in [4.78, 5) is 13.6. The van der Waals surface area contributed by atoms with Gasteiger partial charge in [0.15, 0.2) is 5.41 Å². The van der Waals surface area contributed by atoms with E-state index in [4.69, 9.17) is 4.74 Å². The van der Waals surface area contributed by atoms with E-state index in [9.17, 15) is 31.1 Å². The number of hydrogen-bond acceptors (Lipinski definition) is 3. The summed E-state index contributed by atoms with van der Waals surface area (Å²) in [5.74, 6) is -1.20. The molecule has 3 rings (SSSR count). The minimum absolute atomic E-state index is 0.145. The number of rotatable bonds is 2. The van der Waals surface area contributed by atoms with E-state index in [0.717, 1.165) is 12.1 Å². The van der Waals surface area contributed by atoms with Gasteiger partial charge in [0.2, 0.25) is 5.91 Å². The number of hydrogen-bond donors (Lipinski definition) is 1. The third kappa shape index (κ3) is 2.71. The monoisotopic (exact) mass is 410 g/mol. The number of amides is 1. The Balaban J connectivity index is 2.32. The maximum absolute atomic E-state index is 13.8. The first-order valence-corrected chi connectivity index (χ1v) is 8.83. The number of nitrogens with one attached hydrogen (secondary N) is 1. The molecule has 1 N–H and O–H groups in total. The molecule has 0 fully saturated rings. The lowest BCUT2D eigenvalue weighted by Gasteiger charge is -2.47. The highest BCUT2D eigenvalue weighted by Crippen LogP contribution is 2.59. The van der Waals surface area contributed by atoms with Crippen LogP contribution < -0.4 is 15.0 Å². The van der Waals surface area contributed by atoms with Crippen LogP contribution in [0.15, 0.2) is 12.1 Å². The molecule has 2 heterocycles. The van der Waals surface area contributed by atoms with Gasteiger partial charge in [0, 0.05) is 23.9 Å². The highest BCUT2D eigenvalue weighted by molar-refractivity contribution is 5.97. The SMILES string of the molecule is CCN1c2cc3c(cc2OCC1(C)CC)NC(=O)CC3(C(F)(F)F)C(F)(F)F. The van der Waals surface area contributed by atoms with Crippen LogP contribution in [0.1, 0.15) is 39.2 Å². The number of anilines is 2. The predicted octanol–water partition coefficient (Wildman–Crippen LogP) is 4.78. The van der Waals surface area contributed by atoms with Crippen molar-refractivity contribution in [2.75, 3.05) is 23.4 Å². The zero-order valence-corrected chi connectivity index (χ0v) is 15.5. The van der Waals surface area contributed by atoms with Crippen molar-refractivity contribution in [1.82, 2.24) is 0 Å². The van der Waals surface area contributed by atoms with E-state index < -0.39 is 46.9 Å². The minimum atomic E-state index is -5.70. The van der Waals surface area contributed by atoms with Crippen LogP contribution in [0.2, 0.25) is 0 Å². The highest BCUT2D eigenvalue weighted by atomic mass is 19.4. The molecule has 1 amide bonds. The summed E-state index contributed by atoms with van der Waals surface area (Å²) < 4.78 is 88.6. The number of likely N-dealkylation sites (N-methyl/N-ethyl adjacent to an activating group) is 1. The second-order valence-electron chi connectivity index (χ2n) is 7.37. The zero-order chi connectivity index (χ0) is 21.1. The lowest BCUT2D eigenvalue weighted by molar-refractivity contribution is -0.303. The van der Waals surface area contributed by atoms with Crippen LogP contribution in [0.25, 0.3) is 0 Å². The second kappa shape index (κ2) is 6.18. The normalized spacial score (nSPS) is 24.2. The van der Waals surface area contributed by atoms with Crippen molar-refractivity contribution >= 4 is 17.3 Å². The van der Waals surface area contributed by atoms with Crippen molar-refractivity contribution in [3.05, 3.63) is 17.7 Å². The van der Waals surface area contributed by atoms with E-state index >= 15 is 0 Å². The van der Waals surface area contributed by atoms with Gasteiger partial charge in [-0.1, -0.05) is 6.92 Å². The Labute approximate surface area is 157 Å². The van der Waals surface area contributed by atoms with Crippen molar-refractivity contribution in [3.63, 3.8) is 0 Å². The Hall–Kier alpha value is -2.13. The molecular weight excluding hydrogens is 390 g/mol. The molecule has 4 nitrogen and oxygen atoms in total. The molecule has 0 radical (unpaired) electrons. The molecule has 0 aliphatic carbocycles. The molecule has 1 unspecified atom stereocenters. The van der Waals surface area contributed by atoms with Crippen molar-refractivity contribution in [2.45, 2.75) is 56.9 Å². The quantitative estimate of drug-likeness (QED) is 0.714. The first kappa shape index (κ1) is 20.6. The Kier molecular flexibility index (Phi) is 4.55. The molecule has 2 aliphatic rings. The van der Waals surface area contributed by atoms with Gasteiger partial charge in [-0.05, 0) is 26.3 Å². The van der Waals surface area contributed by atoms with Crippen LogP contribution in [-0.2, 0) is 10.2 Å². The van der Waals surface area contributed by atoms with E-state index in [0.29, 0.717) is 13.0 Å². The topological polar surface area (TPSA) is 41.6 Å². The summed E-state index contributed by atoms with van der Waals surface area (Å²) in [5, 5.41) is 2.14. The van der Waals surface area contributed by atoms with Gasteiger partial charge in [-0.25, -0.2) is 0 Å². The maximum Gasteiger partial charge on any atom is 0.407 e. The standard InChI is InChI=1S/C18H20F6N2O2/c1-4-15(3)9-28-13-7-11-10(6-12(13)26(15)5-2)16(17(19,20)21,18(22,23)24)8-14(27)25-11/h6-7H,4-5,8-9H2,1-3H3,(H,25,27). The Morgan fingerprint density at radius 2 is 1.75 bits per heavy atom. The minimum Gasteiger partial charge on any atom is -0.489 e. The van der Waals surface area contributed by atoms with Crippen LogP contribution in [0.5, 0.6) is 5.75 Å². The lowest BCUT2D eigenvalue weighted by atomic mass is 9.72. The summed E-state index contributed by atoms with van der Waals surface area (Å²) >= 11 is 0. The Bertz CT molecular complexity index is 790. The van der Waals surface area contributed by atoms with Gasteiger partial charge in [0.1, 0.15) is 12.4 Å². The molecule has 2 aliphatic heterocycles. The van der Waals surface area contributed by atoms with E-state index in [1.54, 1.807) is 11.8 Å². The smallest absolute Gasteiger partial charge is 0.407 e. The van der Waals surface area contributed by atoms with Crippen LogP contribution in [0.3, 0.4) is 0 Å². The summed E-state index contributed by atoms with van der Waals surface area (Å²) in [7, 11) is 0. The molecule has 1 aromatic carbocycles. The Morgan fingerprint density at radius 3 is 2.25 bits per heavy atom. The molecule has 0 aromatic heterocycles. The Morgan fingerprint density at radius 1 is 1.14 bits per heavy atom. The number of benzene rings is 1. The van der Waals surface area contributed by atoms with Crippen LogP contribution in [0, 0.1) is 0 Å². The van der Waals surface area contributed by atoms with Gasteiger partial charge < -0.3 is 15.0 Å². The highest BCUT2D eigenvalue weighted by Gasteiger charge is 2.74. The maximum atomic E-state index is 13.8. The number of ether oxygens (including phenoxy) is 1. The van der Waals surface area contributed by atoms with E-state index in [2.05, 4.69) is 5.32 Å². The van der Waals surface area contributed by atoms with E-state index in [1.807, 2.05) is 13.8 Å². The fraction of sp³-hybridized carbons (Fsp3) is 0.611. The molecule has 156 valence electrons. The first-order chi connectivity index (χ1) is 12.8. The van der Waals surface area contributed by atoms with Crippen molar-refractivity contribution in [2.24, 2.45) is 0 Å². The number of nitrogens with zero attached hydrogens (tertiary/aromatic N) is 1. The number of carbonyl (C=O) groups excluding carboxylic acids is 1. The molecule has 1 atom stereocenters. The lowest BCUT2D eigenvalue weighted by Crippen LogP contribution is -2.58. The van der Waals surface area contributed by atoms with E-state index in [1.165, 1.54) is 0 Å². The van der Waals surface area contributed by atoms with Gasteiger partial charge in [-0.15, -0.1) is 0 Å². The van der Waals surface area contributed by atoms with Crippen molar-refractivity contribution in [1.29, 1.82) is 0 Å². The fourth-order valence-electron chi connectivity index (χ4n) is 4.00. The number of carbonyl (C=O) groups is 1. The zero-order valence-electron chi connectivity index (χ0n) is 15.5. The second-order valence-corrected chi connectivity index (χ2v) is 7.37. The van der Waals surface area contributed by atoms with Crippen LogP contribution in [0.4, 0.5) is 37.7 Å². The summed E-state index contributed by atoms with van der Waals surface area (Å²) in [6.45, 7) is 6.06. The molecule has 10 heteroatoms. The number of alkyl halides is 6. The van der Waals surface area contributed by atoms with Gasteiger partial charge in [0.25, 0.3) is 0 Å². The van der Waals surface area contributed by atoms with Gasteiger partial charge in [-0.3, -0.25) is 4.79 Å². The third-order valence-corrected chi connectivity index (χ3v) is 5.79. The first-order valence-electron chi connectivity index (χ1n) is 8.83. The fourth-order valence-corrected chi connectivity index (χ4v) is 4.00. The van der Waals surface area contributed by atoms with Gasteiger partial charge in [0.05, 0.1) is 17.6 Å². The summed E-state index contributed by atoms with van der Waals surface area (Å²) in [6.07, 6.45) is -12.6. The molecule has 0 spiro atoms. The largest absolute Gasteiger partial charge is 0.489 e. The average Bonchev–Trinajstić information content (AvgIpc) is 2.57. The third-order valence-electron chi connectivity index (χ3n) is 5.79. The van der Waals surface area contributed by atoms with Gasteiger partial charge >= 0.3 is 12.4 Å². The molecule has 1 aromatic rings. The van der Waals surface area contributed by atoms with Crippen molar-refractivity contribution < 1.29 is 35.9 Å². The number of fused-ring (bicyclic) bond motifs is 2. The van der Waals surface area contributed by atoms with Crippen LogP contribution in [-0.4, -0.2) is 37.0 Å². The van der Waals surface area contributed by atoms with E-state index in [-0.39, 0.29) is 18.0 Å². The van der Waals surface area contributed by atoms with Crippen molar-refractivity contribution in [3.8, 4) is 5.75 Å². The summed E-state index contributed by atoms with van der Waals surface area (Å²) in [6, 6.07) is 1.94. The molecule has 0 bridgehead atoms. The number of halogens is 6.